The number of thioether (sulfide) groups is 1. The number of hydrogen-bond acceptors (Lipinski definition) is 6. The lowest BCUT2D eigenvalue weighted by Gasteiger charge is -2.09. The molecule has 3 heterocycles. The van der Waals surface area contributed by atoms with Crippen LogP contribution in [0.1, 0.15) is 11.5 Å². The Bertz CT molecular complexity index is 985. The molecule has 7 heteroatoms. The van der Waals surface area contributed by atoms with Crippen LogP contribution in [0.15, 0.2) is 68.5 Å². The average molecular weight is 367 g/mol. The first-order chi connectivity index (χ1) is 12.6. The molecule has 0 spiro atoms. The minimum atomic E-state index is -0.376. The fraction of sp³-hybridized carbons (Fsp3) is 0.0526. The first-order valence-electron chi connectivity index (χ1n) is 7.77. The summed E-state index contributed by atoms with van der Waals surface area (Å²) in [5, 5.41) is 9.00. The van der Waals surface area contributed by atoms with E-state index >= 15 is 0 Å². The molecule has 0 bridgehead atoms. The number of aromatic hydroxyl groups is 1. The molecule has 0 unspecified atom stereocenters. The molecule has 2 aromatic heterocycles. The average Bonchev–Trinajstić information content (AvgIpc) is 3.35. The number of benzene rings is 1. The van der Waals surface area contributed by atoms with Gasteiger partial charge in [0.2, 0.25) is 0 Å². The van der Waals surface area contributed by atoms with Crippen molar-refractivity contribution in [2.45, 2.75) is 6.54 Å². The van der Waals surface area contributed by atoms with Crippen LogP contribution in [0.25, 0.3) is 17.4 Å². The van der Waals surface area contributed by atoms with E-state index in [2.05, 4.69) is 0 Å². The molecule has 130 valence electrons. The molecule has 4 rings (SSSR count). The van der Waals surface area contributed by atoms with Crippen molar-refractivity contribution in [3.63, 3.8) is 0 Å². The van der Waals surface area contributed by atoms with Gasteiger partial charge in [0.25, 0.3) is 11.1 Å². The summed E-state index contributed by atoms with van der Waals surface area (Å²) in [4.78, 5) is 26.0. The zero-order valence-electron chi connectivity index (χ0n) is 13.4. The summed E-state index contributed by atoms with van der Waals surface area (Å²) in [6.07, 6.45) is 3.05. The summed E-state index contributed by atoms with van der Waals surface area (Å²) >= 11 is 0.869. The van der Waals surface area contributed by atoms with Crippen LogP contribution in [0.2, 0.25) is 0 Å². The van der Waals surface area contributed by atoms with Crippen LogP contribution >= 0.6 is 11.8 Å². The normalized spacial score (nSPS) is 16.0. The van der Waals surface area contributed by atoms with Gasteiger partial charge in [0, 0.05) is 11.6 Å². The molecule has 0 radical (unpaired) electrons. The molecular weight excluding hydrogens is 354 g/mol. The van der Waals surface area contributed by atoms with Crippen molar-refractivity contribution < 1.29 is 23.5 Å². The highest BCUT2D eigenvalue weighted by atomic mass is 32.2. The van der Waals surface area contributed by atoms with Crippen LogP contribution in [0.4, 0.5) is 4.79 Å². The van der Waals surface area contributed by atoms with Crippen LogP contribution in [-0.4, -0.2) is 21.2 Å². The van der Waals surface area contributed by atoms with E-state index in [9.17, 15) is 14.7 Å². The third-order valence-electron chi connectivity index (χ3n) is 3.82. The van der Waals surface area contributed by atoms with Gasteiger partial charge in [0.15, 0.2) is 0 Å². The van der Waals surface area contributed by atoms with Crippen molar-refractivity contribution in [1.29, 1.82) is 0 Å². The van der Waals surface area contributed by atoms with Gasteiger partial charge in [-0.05, 0) is 60.3 Å². The number of carbonyl (C=O) groups excluding carboxylic acids is 2. The number of rotatable bonds is 4. The SMILES string of the molecule is O=C1SC(=Cc2ccc(-c3ccc(O)cc3)o2)C(=O)N1Cc1ccco1. The van der Waals surface area contributed by atoms with Crippen molar-refractivity contribution in [3.05, 3.63) is 71.2 Å². The monoisotopic (exact) mass is 367 g/mol. The Kier molecular flexibility index (Phi) is 4.14. The second kappa shape index (κ2) is 6.61. The number of nitrogens with zero attached hydrogens (tertiary/aromatic N) is 1. The second-order valence-corrected chi connectivity index (χ2v) is 6.59. The minimum Gasteiger partial charge on any atom is -0.508 e. The third kappa shape index (κ3) is 3.16. The topological polar surface area (TPSA) is 83.9 Å². The molecule has 3 aromatic rings. The van der Waals surface area contributed by atoms with E-state index in [1.807, 2.05) is 0 Å². The van der Waals surface area contributed by atoms with Crippen molar-refractivity contribution >= 4 is 29.0 Å². The van der Waals surface area contributed by atoms with Crippen molar-refractivity contribution in [2.24, 2.45) is 0 Å². The molecule has 1 fully saturated rings. The van der Waals surface area contributed by atoms with Gasteiger partial charge in [-0.3, -0.25) is 14.5 Å². The van der Waals surface area contributed by atoms with Gasteiger partial charge < -0.3 is 13.9 Å². The van der Waals surface area contributed by atoms with Gasteiger partial charge in [-0.1, -0.05) is 0 Å². The van der Waals surface area contributed by atoms with Gasteiger partial charge in [-0.25, -0.2) is 0 Å². The molecule has 26 heavy (non-hydrogen) atoms. The predicted molar refractivity (Wildman–Crippen MR) is 96.0 cm³/mol. The summed E-state index contributed by atoms with van der Waals surface area (Å²) in [7, 11) is 0. The van der Waals surface area contributed by atoms with Crippen LogP contribution in [0.5, 0.6) is 5.75 Å². The molecule has 1 aliphatic heterocycles. The van der Waals surface area contributed by atoms with E-state index in [1.54, 1.807) is 54.6 Å². The van der Waals surface area contributed by atoms with Gasteiger partial charge in [-0.15, -0.1) is 0 Å². The Morgan fingerprint density at radius 1 is 1.08 bits per heavy atom. The molecule has 6 nitrogen and oxygen atoms in total. The maximum Gasteiger partial charge on any atom is 0.293 e. The van der Waals surface area contributed by atoms with Crippen molar-refractivity contribution in [2.75, 3.05) is 0 Å². The molecule has 0 aliphatic carbocycles. The number of phenolic OH excluding ortho intramolecular Hbond substituents is 1. The third-order valence-corrected chi connectivity index (χ3v) is 4.73. The summed E-state index contributed by atoms with van der Waals surface area (Å²) < 4.78 is 10.9. The van der Waals surface area contributed by atoms with E-state index in [-0.39, 0.29) is 23.4 Å². The van der Waals surface area contributed by atoms with E-state index < -0.39 is 0 Å². The first-order valence-corrected chi connectivity index (χ1v) is 8.59. The summed E-state index contributed by atoms with van der Waals surface area (Å²) in [5.41, 5.74) is 0.799. The maximum atomic E-state index is 12.5. The zero-order chi connectivity index (χ0) is 18.1. The van der Waals surface area contributed by atoms with Gasteiger partial charge >= 0.3 is 0 Å². The Balaban J connectivity index is 1.54. The fourth-order valence-corrected chi connectivity index (χ4v) is 3.35. The summed E-state index contributed by atoms with van der Waals surface area (Å²) in [6.45, 7) is 0.103. The van der Waals surface area contributed by atoms with Crippen molar-refractivity contribution in [1.82, 2.24) is 4.90 Å². The number of hydrogen-bond donors (Lipinski definition) is 1. The van der Waals surface area contributed by atoms with Crippen molar-refractivity contribution in [3.8, 4) is 17.1 Å². The molecule has 1 N–H and O–H groups in total. The number of amides is 2. The summed E-state index contributed by atoms with van der Waals surface area (Å²) in [5.74, 6) is 1.41. The number of imide groups is 1. The molecular formula is C19H13NO5S. The largest absolute Gasteiger partial charge is 0.508 e. The lowest BCUT2D eigenvalue weighted by atomic mass is 10.2. The molecule has 1 aliphatic rings. The van der Waals surface area contributed by atoms with Gasteiger partial charge in [0.05, 0.1) is 17.7 Å². The number of carbonyl (C=O) groups is 2. The maximum absolute atomic E-state index is 12.5. The molecule has 0 saturated carbocycles. The highest BCUT2D eigenvalue weighted by Gasteiger charge is 2.35. The van der Waals surface area contributed by atoms with Gasteiger partial charge in [0.1, 0.15) is 23.0 Å². The highest BCUT2D eigenvalue weighted by Crippen LogP contribution is 2.34. The Hall–Kier alpha value is -3.19. The molecule has 1 saturated heterocycles. The van der Waals surface area contributed by atoms with E-state index in [0.29, 0.717) is 22.2 Å². The number of phenols is 1. The van der Waals surface area contributed by atoms with Crippen LogP contribution in [-0.2, 0) is 11.3 Å². The number of furan rings is 2. The van der Waals surface area contributed by atoms with E-state index in [4.69, 9.17) is 8.83 Å². The highest BCUT2D eigenvalue weighted by molar-refractivity contribution is 8.18. The standard InChI is InChI=1S/C19H13NO5S/c21-13-5-3-12(4-6-13)16-8-7-14(25-16)10-17-18(22)20(19(23)26-17)11-15-2-1-9-24-15/h1-10,21H,11H2. The molecule has 0 atom stereocenters. The predicted octanol–water partition coefficient (Wildman–Crippen LogP) is 4.48. The van der Waals surface area contributed by atoms with Crippen LogP contribution in [0, 0.1) is 0 Å². The fourth-order valence-electron chi connectivity index (χ4n) is 2.54. The Morgan fingerprint density at radius 2 is 1.88 bits per heavy atom. The second-order valence-electron chi connectivity index (χ2n) is 5.60. The summed E-state index contributed by atoms with van der Waals surface area (Å²) in [6, 6.07) is 13.5. The quantitative estimate of drug-likeness (QED) is 0.685. The molecule has 2 amide bonds. The minimum absolute atomic E-state index is 0.103. The van der Waals surface area contributed by atoms with E-state index in [0.717, 1.165) is 22.2 Å². The zero-order valence-corrected chi connectivity index (χ0v) is 14.2. The smallest absolute Gasteiger partial charge is 0.293 e. The Morgan fingerprint density at radius 3 is 2.62 bits per heavy atom. The lowest BCUT2D eigenvalue weighted by Crippen LogP contribution is -2.27. The van der Waals surface area contributed by atoms with Crippen LogP contribution < -0.4 is 0 Å². The van der Waals surface area contributed by atoms with Gasteiger partial charge in [-0.2, -0.15) is 0 Å². The molecule has 1 aromatic carbocycles. The van der Waals surface area contributed by atoms with E-state index in [1.165, 1.54) is 6.26 Å². The lowest BCUT2D eigenvalue weighted by molar-refractivity contribution is -0.123. The Labute approximate surface area is 152 Å². The van der Waals surface area contributed by atoms with Crippen LogP contribution in [0.3, 0.4) is 0 Å². The first kappa shape index (κ1) is 16.3.